The van der Waals surface area contributed by atoms with Gasteiger partial charge in [-0.3, -0.25) is 9.48 Å². The smallest absolute Gasteiger partial charge is 0.317 e. The first-order valence-electron chi connectivity index (χ1n) is 13.0. The molecule has 0 spiro atoms. The monoisotopic (exact) mass is 545 g/mol. The highest BCUT2D eigenvalue weighted by Gasteiger charge is 2.19. The lowest BCUT2D eigenvalue weighted by Crippen LogP contribution is -2.49. The third kappa shape index (κ3) is 6.01. The van der Waals surface area contributed by atoms with Crippen LogP contribution in [0.15, 0.2) is 49.1 Å². The summed E-state index contributed by atoms with van der Waals surface area (Å²) in [6.45, 7) is 9.38. The molecule has 12 heteroatoms. The number of nitrogens with one attached hydrogen (secondary N) is 2. The van der Waals surface area contributed by atoms with E-state index in [1.165, 1.54) is 16.2 Å². The number of nitrogens with zero attached hydrogens (tertiary/aromatic N) is 7. The van der Waals surface area contributed by atoms with E-state index in [-0.39, 0.29) is 5.65 Å². The first-order valence-corrected chi connectivity index (χ1v) is 13.0. The van der Waals surface area contributed by atoms with Crippen LogP contribution in [0.25, 0.3) is 16.6 Å². The standard InChI is InChI=1S/C19H24N6O.C9H8FN3O/c1-13-4-5-17(25-9-7-20-14(2)11-25)16-10-21-19(22-18(13)16)26-12-15-6-8-24(3)23-15;1-6-3-13-4-7(11-5-14)2-8(10)9(13)12-6/h4-6,8,10,14,20H,7,9,11-12H2,1-3H3;2-5H,1H3,(H,11,14). The molecule has 2 N–H and O–H groups in total. The second-order valence-corrected chi connectivity index (χ2v) is 9.84. The van der Waals surface area contributed by atoms with Gasteiger partial charge in [0.1, 0.15) is 6.61 Å². The minimum absolute atomic E-state index is 0.263. The molecule has 40 heavy (non-hydrogen) atoms. The number of aryl methyl sites for hydroxylation is 3. The minimum Gasteiger partial charge on any atom is -0.457 e. The molecule has 208 valence electrons. The number of hydrogen-bond donors (Lipinski definition) is 2. The second kappa shape index (κ2) is 11.7. The van der Waals surface area contributed by atoms with Crippen LogP contribution >= 0.6 is 0 Å². The molecule has 0 bridgehead atoms. The van der Waals surface area contributed by atoms with Crippen LogP contribution in [0.2, 0.25) is 0 Å². The van der Waals surface area contributed by atoms with E-state index >= 15 is 0 Å². The van der Waals surface area contributed by atoms with Gasteiger partial charge in [-0.25, -0.2) is 14.4 Å². The van der Waals surface area contributed by atoms with Gasteiger partial charge in [0.05, 0.1) is 22.6 Å². The second-order valence-electron chi connectivity index (χ2n) is 9.84. The zero-order valence-corrected chi connectivity index (χ0v) is 22.9. The van der Waals surface area contributed by atoms with Crippen molar-refractivity contribution in [1.82, 2.24) is 34.4 Å². The fourth-order valence-electron chi connectivity index (χ4n) is 4.73. The van der Waals surface area contributed by atoms with E-state index in [4.69, 9.17) is 4.74 Å². The van der Waals surface area contributed by atoms with Crippen molar-refractivity contribution in [2.24, 2.45) is 7.05 Å². The maximum atomic E-state index is 13.3. The van der Waals surface area contributed by atoms with Gasteiger partial charge in [0.2, 0.25) is 6.41 Å². The number of aromatic nitrogens is 6. The van der Waals surface area contributed by atoms with Crippen LogP contribution in [-0.4, -0.2) is 61.2 Å². The number of hydrogen-bond acceptors (Lipinski definition) is 8. The van der Waals surface area contributed by atoms with Gasteiger partial charge in [-0.15, -0.1) is 0 Å². The molecule has 1 atom stereocenters. The molecule has 1 unspecified atom stereocenters. The first kappa shape index (κ1) is 27.0. The molecular formula is C28H32FN9O2. The summed E-state index contributed by atoms with van der Waals surface area (Å²) in [5, 5.41) is 11.2. The normalized spacial score (nSPS) is 15.1. The molecule has 0 aliphatic carbocycles. The Bertz CT molecular complexity index is 1650. The number of amides is 1. The number of carbonyl (C=O) groups is 1. The molecule has 6 rings (SSSR count). The van der Waals surface area contributed by atoms with E-state index in [0.717, 1.165) is 47.5 Å². The molecule has 5 heterocycles. The predicted molar refractivity (Wildman–Crippen MR) is 151 cm³/mol. The number of halogens is 1. The van der Waals surface area contributed by atoms with Crippen LogP contribution < -0.4 is 20.3 Å². The van der Waals surface area contributed by atoms with Crippen molar-refractivity contribution in [3.63, 3.8) is 0 Å². The number of anilines is 2. The van der Waals surface area contributed by atoms with E-state index in [1.807, 2.05) is 25.5 Å². The molecule has 0 radical (unpaired) electrons. The van der Waals surface area contributed by atoms with E-state index in [2.05, 4.69) is 61.6 Å². The number of rotatable bonds is 6. The van der Waals surface area contributed by atoms with Gasteiger partial charge in [-0.2, -0.15) is 10.1 Å². The predicted octanol–water partition coefficient (Wildman–Crippen LogP) is 3.40. The van der Waals surface area contributed by atoms with Crippen molar-refractivity contribution in [3.8, 4) is 6.01 Å². The topological polar surface area (TPSA) is 114 Å². The lowest BCUT2D eigenvalue weighted by Gasteiger charge is -2.34. The van der Waals surface area contributed by atoms with Gasteiger partial charge < -0.3 is 24.7 Å². The highest BCUT2D eigenvalue weighted by molar-refractivity contribution is 5.93. The van der Waals surface area contributed by atoms with Crippen LogP contribution in [-0.2, 0) is 18.4 Å². The average Bonchev–Trinajstić information content (AvgIpc) is 3.53. The van der Waals surface area contributed by atoms with Gasteiger partial charge >= 0.3 is 6.01 Å². The van der Waals surface area contributed by atoms with Crippen molar-refractivity contribution in [2.45, 2.75) is 33.4 Å². The molecule has 5 aromatic rings. The molecule has 1 fully saturated rings. The Balaban J connectivity index is 0.000000194. The molecule has 1 aliphatic heterocycles. The Kier molecular flexibility index (Phi) is 7.87. The van der Waals surface area contributed by atoms with Crippen molar-refractivity contribution in [2.75, 3.05) is 29.9 Å². The van der Waals surface area contributed by atoms with Crippen LogP contribution in [0, 0.1) is 19.7 Å². The molecule has 1 aliphatic rings. The summed E-state index contributed by atoms with van der Waals surface area (Å²) in [5.74, 6) is -0.454. The molecule has 1 amide bonds. The highest BCUT2D eigenvalue weighted by atomic mass is 19.1. The summed E-state index contributed by atoms with van der Waals surface area (Å²) < 4.78 is 22.4. The number of imidazole rings is 1. The molecule has 11 nitrogen and oxygen atoms in total. The highest BCUT2D eigenvalue weighted by Crippen LogP contribution is 2.29. The Hall–Kier alpha value is -4.58. The number of ether oxygens (including phenoxy) is 1. The number of carbonyl (C=O) groups excluding carboxylic acids is 1. The SMILES string of the molecule is Cc1ccc(N2CCNC(C)C2)c2cnc(OCc3ccn(C)n3)nc12.Cc1cn2cc(NC=O)cc(F)c2n1. The van der Waals surface area contributed by atoms with Crippen molar-refractivity contribution < 1.29 is 13.9 Å². The first-order chi connectivity index (χ1) is 19.3. The fourth-order valence-corrected chi connectivity index (χ4v) is 4.73. The zero-order chi connectivity index (χ0) is 28.2. The molecular weight excluding hydrogens is 513 g/mol. The minimum atomic E-state index is -0.454. The number of fused-ring (bicyclic) bond motifs is 2. The maximum Gasteiger partial charge on any atom is 0.317 e. The van der Waals surface area contributed by atoms with Gasteiger partial charge in [-0.05, 0) is 38.5 Å². The fraction of sp³-hybridized carbons (Fsp3) is 0.321. The van der Waals surface area contributed by atoms with Crippen LogP contribution in [0.4, 0.5) is 15.8 Å². The Labute approximate surface area is 231 Å². The Morgan fingerprint density at radius 1 is 1.23 bits per heavy atom. The van der Waals surface area contributed by atoms with Gasteiger partial charge in [0.25, 0.3) is 0 Å². The van der Waals surface area contributed by atoms with Crippen molar-refractivity contribution in [3.05, 3.63) is 71.8 Å². The molecule has 4 aromatic heterocycles. The lowest BCUT2D eigenvalue weighted by molar-refractivity contribution is -0.105. The zero-order valence-electron chi connectivity index (χ0n) is 22.9. The maximum absolute atomic E-state index is 13.3. The third-order valence-electron chi connectivity index (χ3n) is 6.59. The van der Waals surface area contributed by atoms with Crippen LogP contribution in [0.3, 0.4) is 0 Å². The summed E-state index contributed by atoms with van der Waals surface area (Å²) in [7, 11) is 1.89. The summed E-state index contributed by atoms with van der Waals surface area (Å²) >= 11 is 0. The number of benzene rings is 1. The summed E-state index contributed by atoms with van der Waals surface area (Å²) in [6, 6.07) is 8.32. The van der Waals surface area contributed by atoms with Crippen LogP contribution in [0.1, 0.15) is 23.9 Å². The molecule has 1 aromatic carbocycles. The third-order valence-corrected chi connectivity index (χ3v) is 6.59. The van der Waals surface area contributed by atoms with Crippen molar-refractivity contribution >= 4 is 34.3 Å². The van der Waals surface area contributed by atoms with Gasteiger partial charge in [-0.1, -0.05) is 6.07 Å². The van der Waals surface area contributed by atoms with Gasteiger partial charge in [0.15, 0.2) is 11.5 Å². The van der Waals surface area contributed by atoms with Crippen molar-refractivity contribution in [1.29, 1.82) is 0 Å². The quantitative estimate of drug-likeness (QED) is 0.312. The van der Waals surface area contributed by atoms with Crippen LogP contribution in [0.5, 0.6) is 6.01 Å². The average molecular weight is 546 g/mol. The lowest BCUT2D eigenvalue weighted by atomic mass is 10.1. The number of piperazine rings is 1. The van der Waals surface area contributed by atoms with Gasteiger partial charge in [0, 0.05) is 74.7 Å². The summed E-state index contributed by atoms with van der Waals surface area (Å²) in [5.41, 5.74) is 5.51. The molecule has 1 saturated heterocycles. The summed E-state index contributed by atoms with van der Waals surface area (Å²) in [4.78, 5) is 25.7. The van der Waals surface area contributed by atoms with E-state index in [0.29, 0.717) is 30.8 Å². The molecule has 0 saturated carbocycles. The van der Waals surface area contributed by atoms with E-state index in [9.17, 15) is 9.18 Å². The Morgan fingerprint density at radius 3 is 2.83 bits per heavy atom. The summed E-state index contributed by atoms with van der Waals surface area (Å²) in [6.07, 6.45) is 7.57. The van der Waals surface area contributed by atoms with E-state index in [1.54, 1.807) is 24.0 Å². The number of pyridine rings is 1. The Morgan fingerprint density at radius 2 is 2.08 bits per heavy atom. The van der Waals surface area contributed by atoms with E-state index < -0.39 is 5.82 Å². The largest absolute Gasteiger partial charge is 0.457 e.